The zero-order valence-electron chi connectivity index (χ0n) is 15.7. The number of nitrogens with one attached hydrogen (secondary N) is 1. The Morgan fingerprint density at radius 1 is 1.19 bits per heavy atom. The SMILES string of the molecule is CCOc1ccc(/C=C2\SC(=O)N(C[NH+]3CCOCC3)C2=O)c(OCC)c1. The molecule has 0 bridgehead atoms. The molecule has 2 fully saturated rings. The van der Waals surface area contributed by atoms with Crippen LogP contribution in [-0.2, 0) is 9.53 Å². The Labute approximate surface area is 163 Å². The zero-order chi connectivity index (χ0) is 19.2. The topological polar surface area (TPSA) is 69.5 Å². The summed E-state index contributed by atoms with van der Waals surface area (Å²) in [7, 11) is 0. The van der Waals surface area contributed by atoms with Crippen molar-refractivity contribution in [2.45, 2.75) is 13.8 Å². The van der Waals surface area contributed by atoms with Crippen molar-refractivity contribution >= 4 is 29.0 Å². The van der Waals surface area contributed by atoms with Gasteiger partial charge in [-0.05, 0) is 43.8 Å². The minimum atomic E-state index is -0.250. The van der Waals surface area contributed by atoms with Gasteiger partial charge in [0.2, 0.25) is 0 Å². The van der Waals surface area contributed by atoms with E-state index in [2.05, 4.69) is 0 Å². The Hall–Kier alpha value is -2.03. The fraction of sp³-hybridized carbons (Fsp3) is 0.474. The van der Waals surface area contributed by atoms with Crippen molar-refractivity contribution < 1.29 is 28.7 Å². The summed E-state index contributed by atoms with van der Waals surface area (Å²) >= 11 is 0.974. The number of hydrogen-bond donors (Lipinski definition) is 1. The van der Waals surface area contributed by atoms with Gasteiger partial charge in [-0.25, -0.2) is 4.90 Å². The van der Waals surface area contributed by atoms with Crippen LogP contribution in [0.5, 0.6) is 11.5 Å². The average Bonchev–Trinajstić information content (AvgIpc) is 2.93. The van der Waals surface area contributed by atoms with Crippen LogP contribution in [0.1, 0.15) is 19.4 Å². The number of hydrogen-bond acceptors (Lipinski definition) is 6. The van der Waals surface area contributed by atoms with Crippen LogP contribution < -0.4 is 14.4 Å². The van der Waals surface area contributed by atoms with Gasteiger partial charge in [0.15, 0.2) is 6.67 Å². The summed E-state index contributed by atoms with van der Waals surface area (Å²) in [4.78, 5) is 28.0. The molecule has 2 saturated heterocycles. The minimum absolute atomic E-state index is 0.228. The van der Waals surface area contributed by atoms with E-state index in [1.807, 2.05) is 26.0 Å². The highest BCUT2D eigenvalue weighted by atomic mass is 32.2. The van der Waals surface area contributed by atoms with Crippen LogP contribution in [-0.4, -0.2) is 62.2 Å². The lowest BCUT2D eigenvalue weighted by Crippen LogP contribution is -3.15. The molecule has 2 aliphatic rings. The molecule has 2 aliphatic heterocycles. The van der Waals surface area contributed by atoms with Crippen LogP contribution in [0, 0.1) is 0 Å². The van der Waals surface area contributed by atoms with Crippen LogP contribution in [0.3, 0.4) is 0 Å². The molecule has 0 atom stereocenters. The van der Waals surface area contributed by atoms with E-state index in [1.165, 1.54) is 9.80 Å². The maximum atomic E-state index is 12.7. The zero-order valence-corrected chi connectivity index (χ0v) is 16.5. The Morgan fingerprint density at radius 3 is 2.63 bits per heavy atom. The second kappa shape index (κ2) is 9.25. The highest BCUT2D eigenvalue weighted by Gasteiger charge is 2.38. The Morgan fingerprint density at radius 2 is 1.93 bits per heavy atom. The lowest BCUT2D eigenvalue weighted by Gasteiger charge is -2.26. The molecule has 0 unspecified atom stereocenters. The van der Waals surface area contributed by atoms with Gasteiger partial charge in [-0.15, -0.1) is 0 Å². The van der Waals surface area contributed by atoms with Gasteiger partial charge in [-0.3, -0.25) is 9.59 Å². The van der Waals surface area contributed by atoms with Gasteiger partial charge >= 0.3 is 0 Å². The lowest BCUT2D eigenvalue weighted by molar-refractivity contribution is -0.915. The summed E-state index contributed by atoms with van der Waals surface area (Å²) in [6, 6.07) is 5.48. The number of rotatable bonds is 7. The summed E-state index contributed by atoms with van der Waals surface area (Å²) < 4.78 is 16.5. The average molecular weight is 393 g/mol. The quantitative estimate of drug-likeness (QED) is 0.706. The molecule has 2 amide bonds. The summed E-state index contributed by atoms with van der Waals surface area (Å²) in [5.74, 6) is 1.09. The van der Waals surface area contributed by atoms with Crippen molar-refractivity contribution in [1.82, 2.24) is 4.90 Å². The van der Waals surface area contributed by atoms with Crippen molar-refractivity contribution in [1.29, 1.82) is 0 Å². The number of amides is 2. The van der Waals surface area contributed by atoms with Crippen molar-refractivity contribution in [3.63, 3.8) is 0 Å². The Balaban J connectivity index is 1.78. The number of thioether (sulfide) groups is 1. The third-order valence-electron chi connectivity index (χ3n) is 4.34. The lowest BCUT2D eigenvalue weighted by atomic mass is 10.1. The van der Waals surface area contributed by atoms with E-state index in [4.69, 9.17) is 14.2 Å². The van der Waals surface area contributed by atoms with Gasteiger partial charge in [0, 0.05) is 11.6 Å². The molecule has 7 nitrogen and oxygen atoms in total. The molecule has 3 rings (SSSR count). The van der Waals surface area contributed by atoms with Gasteiger partial charge in [0.25, 0.3) is 11.1 Å². The van der Waals surface area contributed by atoms with Crippen LogP contribution in [0.25, 0.3) is 6.08 Å². The first-order chi connectivity index (χ1) is 13.1. The highest BCUT2D eigenvalue weighted by molar-refractivity contribution is 8.18. The van der Waals surface area contributed by atoms with Gasteiger partial charge in [-0.2, -0.15) is 0 Å². The fourth-order valence-corrected chi connectivity index (χ4v) is 3.82. The molecule has 0 aromatic heterocycles. The summed E-state index contributed by atoms with van der Waals surface area (Å²) in [6.07, 6.45) is 1.72. The predicted molar refractivity (Wildman–Crippen MR) is 103 cm³/mol. The molecule has 0 spiro atoms. The van der Waals surface area contributed by atoms with E-state index < -0.39 is 0 Å². The second-order valence-corrected chi connectivity index (χ2v) is 7.19. The number of benzene rings is 1. The van der Waals surface area contributed by atoms with E-state index in [1.54, 1.807) is 12.1 Å². The number of carbonyl (C=O) groups excluding carboxylic acids is 2. The smallest absolute Gasteiger partial charge is 0.298 e. The van der Waals surface area contributed by atoms with E-state index >= 15 is 0 Å². The second-order valence-electron chi connectivity index (χ2n) is 6.20. The van der Waals surface area contributed by atoms with Gasteiger partial charge in [0.1, 0.15) is 24.6 Å². The van der Waals surface area contributed by atoms with E-state index in [0.717, 1.165) is 30.4 Å². The molecule has 1 aromatic carbocycles. The van der Waals surface area contributed by atoms with Gasteiger partial charge < -0.3 is 19.1 Å². The Bertz CT molecular complexity index is 731. The van der Waals surface area contributed by atoms with Crippen molar-refractivity contribution in [3.05, 3.63) is 28.7 Å². The fourth-order valence-electron chi connectivity index (χ4n) is 2.99. The van der Waals surface area contributed by atoms with E-state index in [9.17, 15) is 9.59 Å². The number of quaternary nitrogens is 1. The Kier molecular flexibility index (Phi) is 6.76. The number of morpholine rings is 1. The predicted octanol–water partition coefficient (Wildman–Crippen LogP) is 1.39. The third-order valence-corrected chi connectivity index (χ3v) is 5.25. The number of imide groups is 1. The molecule has 146 valence electrons. The molecule has 1 N–H and O–H groups in total. The van der Waals surface area contributed by atoms with Crippen molar-refractivity contribution in [2.75, 3.05) is 46.2 Å². The summed E-state index contributed by atoms with van der Waals surface area (Å²) in [5, 5.41) is -0.228. The maximum Gasteiger partial charge on any atom is 0.298 e. The minimum Gasteiger partial charge on any atom is -0.494 e. The third kappa shape index (κ3) is 4.82. The molecule has 1 aromatic rings. The largest absolute Gasteiger partial charge is 0.494 e. The number of carbonyl (C=O) groups is 2. The molecule has 27 heavy (non-hydrogen) atoms. The molecule has 0 aliphatic carbocycles. The van der Waals surface area contributed by atoms with Crippen molar-refractivity contribution in [3.8, 4) is 11.5 Å². The first kappa shape index (κ1) is 19.7. The standard InChI is InChI=1S/C19H24N2O5S/c1-3-25-15-6-5-14(16(12-15)26-4-2)11-17-18(22)21(19(23)27-17)13-20-7-9-24-10-8-20/h5-6,11-12H,3-4,7-10,13H2,1-2H3/p+1/b17-11-. The first-order valence-corrected chi connectivity index (χ1v) is 10.00. The van der Waals surface area contributed by atoms with Crippen LogP contribution >= 0.6 is 11.8 Å². The molecule has 8 heteroatoms. The van der Waals surface area contributed by atoms with E-state index in [-0.39, 0.29) is 11.1 Å². The molecule has 0 radical (unpaired) electrons. The monoisotopic (exact) mass is 393 g/mol. The van der Waals surface area contributed by atoms with Gasteiger partial charge in [0.05, 0.1) is 31.3 Å². The summed E-state index contributed by atoms with van der Waals surface area (Å²) in [6.45, 7) is 8.18. The summed E-state index contributed by atoms with van der Waals surface area (Å²) in [5.41, 5.74) is 0.754. The van der Waals surface area contributed by atoms with Crippen LogP contribution in [0.2, 0.25) is 0 Å². The normalized spacial score (nSPS) is 19.8. The number of nitrogens with zero attached hydrogens (tertiary/aromatic N) is 1. The van der Waals surface area contributed by atoms with Gasteiger partial charge in [-0.1, -0.05) is 0 Å². The van der Waals surface area contributed by atoms with E-state index in [0.29, 0.717) is 49.5 Å². The maximum absolute atomic E-state index is 12.7. The van der Waals surface area contributed by atoms with Crippen LogP contribution in [0.4, 0.5) is 4.79 Å². The first-order valence-electron chi connectivity index (χ1n) is 9.18. The molecule has 0 saturated carbocycles. The molecular weight excluding hydrogens is 368 g/mol. The van der Waals surface area contributed by atoms with Crippen molar-refractivity contribution in [2.24, 2.45) is 0 Å². The molecule has 2 heterocycles. The highest BCUT2D eigenvalue weighted by Crippen LogP contribution is 2.34. The number of ether oxygens (including phenoxy) is 3. The van der Waals surface area contributed by atoms with Crippen LogP contribution in [0.15, 0.2) is 23.1 Å². The molecular formula is C19H25N2O5S+.